The molecule has 1 aromatic heterocycles. The number of nitrogens with one attached hydrogen (secondary N) is 1. The lowest BCUT2D eigenvalue weighted by Crippen LogP contribution is -2.37. The second-order valence-electron chi connectivity index (χ2n) is 4.93. The van der Waals surface area contributed by atoms with Crippen LogP contribution in [-0.2, 0) is 16.0 Å². The van der Waals surface area contributed by atoms with E-state index >= 15 is 0 Å². The number of nitrogens with zero attached hydrogens (tertiary/aromatic N) is 3. The number of carbonyl (C=O) groups excluding carboxylic acids is 1. The second kappa shape index (κ2) is 5.81. The molecule has 0 saturated heterocycles. The first-order chi connectivity index (χ1) is 9.06. The normalized spacial score (nSPS) is 17.3. The van der Waals surface area contributed by atoms with Crippen molar-refractivity contribution in [3.63, 3.8) is 0 Å². The molecule has 1 heterocycles. The molecule has 1 amide bonds. The lowest BCUT2D eigenvalue weighted by atomic mass is 10.2. The minimum atomic E-state index is -0.963. The van der Waals surface area contributed by atoms with Crippen molar-refractivity contribution in [2.24, 2.45) is 0 Å². The van der Waals surface area contributed by atoms with Crippen molar-refractivity contribution < 1.29 is 14.7 Å². The predicted octanol–water partition coefficient (Wildman–Crippen LogP) is 0.525. The second-order valence-corrected chi connectivity index (χ2v) is 4.93. The van der Waals surface area contributed by atoms with E-state index < -0.39 is 12.0 Å². The van der Waals surface area contributed by atoms with Gasteiger partial charge in [-0.1, -0.05) is 18.1 Å². The van der Waals surface area contributed by atoms with Gasteiger partial charge in [-0.3, -0.25) is 9.59 Å². The summed E-state index contributed by atoms with van der Waals surface area (Å²) in [5.74, 6) is -1.06. The lowest BCUT2D eigenvalue weighted by Gasteiger charge is -2.16. The maximum Gasteiger partial charge on any atom is 0.309 e. The number of amides is 1. The summed E-state index contributed by atoms with van der Waals surface area (Å²) in [5.41, 5.74) is 0.355. The maximum absolute atomic E-state index is 12.0. The quantitative estimate of drug-likeness (QED) is 0.810. The summed E-state index contributed by atoms with van der Waals surface area (Å²) in [4.78, 5) is 22.6. The van der Waals surface area contributed by atoms with Crippen LogP contribution >= 0.6 is 0 Å². The van der Waals surface area contributed by atoms with E-state index in [0.717, 1.165) is 25.7 Å². The third-order valence-corrected chi connectivity index (χ3v) is 3.37. The maximum atomic E-state index is 12.0. The van der Waals surface area contributed by atoms with Gasteiger partial charge >= 0.3 is 5.97 Å². The van der Waals surface area contributed by atoms with E-state index in [1.807, 2.05) is 0 Å². The Morgan fingerprint density at radius 1 is 1.53 bits per heavy atom. The number of carbonyl (C=O) groups is 2. The van der Waals surface area contributed by atoms with E-state index in [4.69, 9.17) is 5.11 Å². The third kappa shape index (κ3) is 3.52. The van der Waals surface area contributed by atoms with Crippen molar-refractivity contribution in [1.82, 2.24) is 20.3 Å². The zero-order valence-electron chi connectivity index (χ0n) is 10.9. The Labute approximate surface area is 111 Å². The van der Waals surface area contributed by atoms with Gasteiger partial charge in [-0.2, -0.15) is 0 Å². The fourth-order valence-electron chi connectivity index (χ4n) is 2.25. The third-order valence-electron chi connectivity index (χ3n) is 3.37. The molecule has 1 aliphatic rings. The Morgan fingerprint density at radius 3 is 2.84 bits per heavy atom. The van der Waals surface area contributed by atoms with Gasteiger partial charge in [0.15, 0.2) is 0 Å². The number of carboxylic acids is 1. The molecule has 0 spiro atoms. The van der Waals surface area contributed by atoms with Crippen molar-refractivity contribution in [3.05, 3.63) is 11.9 Å². The Balaban J connectivity index is 1.94. The number of hydrogen-bond acceptors (Lipinski definition) is 4. The highest BCUT2D eigenvalue weighted by atomic mass is 16.4. The first-order valence-electron chi connectivity index (χ1n) is 6.49. The van der Waals surface area contributed by atoms with Crippen molar-refractivity contribution >= 4 is 11.9 Å². The highest BCUT2D eigenvalue weighted by molar-refractivity contribution is 5.80. The number of aliphatic carboxylic acids is 1. The largest absolute Gasteiger partial charge is 0.481 e. The van der Waals surface area contributed by atoms with E-state index in [1.54, 1.807) is 6.92 Å². The van der Waals surface area contributed by atoms with Crippen LogP contribution in [0.5, 0.6) is 0 Å². The summed E-state index contributed by atoms with van der Waals surface area (Å²) in [7, 11) is 0. The Bertz CT molecular complexity index is 465. The highest BCUT2D eigenvalue weighted by Gasteiger charge is 2.22. The first kappa shape index (κ1) is 13.5. The van der Waals surface area contributed by atoms with E-state index in [9.17, 15) is 9.59 Å². The van der Waals surface area contributed by atoms with Crippen LogP contribution in [0.1, 0.15) is 44.3 Å². The monoisotopic (exact) mass is 266 g/mol. The van der Waals surface area contributed by atoms with Crippen molar-refractivity contribution in [2.75, 3.05) is 0 Å². The minimum Gasteiger partial charge on any atom is -0.481 e. The van der Waals surface area contributed by atoms with Crippen molar-refractivity contribution in [1.29, 1.82) is 0 Å². The molecule has 104 valence electrons. The summed E-state index contributed by atoms with van der Waals surface area (Å²) in [5, 5.41) is 19.2. The average molecular weight is 266 g/mol. The van der Waals surface area contributed by atoms with Crippen LogP contribution < -0.4 is 5.32 Å². The van der Waals surface area contributed by atoms with Gasteiger partial charge in [0.05, 0.1) is 12.1 Å². The minimum absolute atomic E-state index is 0.0984. The number of carboxylic acid groups (broad SMARTS) is 1. The zero-order valence-corrected chi connectivity index (χ0v) is 10.9. The average Bonchev–Trinajstić information content (AvgIpc) is 2.98. The SMILES string of the molecule is CC(C(=O)NC1CCCC1)n1cc(CC(=O)O)nn1. The molecule has 1 aliphatic carbocycles. The lowest BCUT2D eigenvalue weighted by molar-refractivity contribution is -0.136. The molecule has 1 unspecified atom stereocenters. The van der Waals surface area contributed by atoms with Gasteiger partial charge in [0.2, 0.25) is 5.91 Å². The fourth-order valence-corrected chi connectivity index (χ4v) is 2.25. The fraction of sp³-hybridized carbons (Fsp3) is 0.667. The summed E-state index contributed by atoms with van der Waals surface area (Å²) < 4.78 is 1.41. The molecule has 1 atom stereocenters. The Morgan fingerprint density at radius 2 is 2.21 bits per heavy atom. The summed E-state index contributed by atoms with van der Waals surface area (Å²) in [6.07, 6.45) is 5.70. The molecule has 7 heteroatoms. The van der Waals surface area contributed by atoms with Gasteiger partial charge in [-0.15, -0.1) is 5.10 Å². The van der Waals surface area contributed by atoms with E-state index in [1.165, 1.54) is 10.9 Å². The number of aromatic nitrogens is 3. The van der Waals surface area contributed by atoms with Crippen LogP contribution in [0.3, 0.4) is 0 Å². The molecule has 0 radical (unpaired) electrons. The van der Waals surface area contributed by atoms with Crippen LogP contribution in [-0.4, -0.2) is 38.0 Å². The van der Waals surface area contributed by atoms with Crippen LogP contribution in [0.25, 0.3) is 0 Å². The Kier molecular flexibility index (Phi) is 4.13. The van der Waals surface area contributed by atoms with Gasteiger partial charge < -0.3 is 10.4 Å². The predicted molar refractivity (Wildman–Crippen MR) is 66.5 cm³/mol. The van der Waals surface area contributed by atoms with Gasteiger partial charge in [0, 0.05) is 12.2 Å². The molecule has 1 fully saturated rings. The van der Waals surface area contributed by atoms with Gasteiger partial charge in [-0.05, 0) is 19.8 Å². The summed E-state index contributed by atoms with van der Waals surface area (Å²) in [6.45, 7) is 1.73. The molecule has 7 nitrogen and oxygen atoms in total. The van der Waals surface area contributed by atoms with Crippen LogP contribution in [0, 0.1) is 0 Å². The van der Waals surface area contributed by atoms with Gasteiger partial charge in [0.1, 0.15) is 6.04 Å². The van der Waals surface area contributed by atoms with E-state index in [2.05, 4.69) is 15.6 Å². The number of hydrogen-bond donors (Lipinski definition) is 2. The molecule has 19 heavy (non-hydrogen) atoms. The highest BCUT2D eigenvalue weighted by Crippen LogP contribution is 2.18. The summed E-state index contributed by atoms with van der Waals surface area (Å²) >= 11 is 0. The molecule has 2 rings (SSSR count). The number of rotatable bonds is 5. The van der Waals surface area contributed by atoms with Gasteiger partial charge in [0.25, 0.3) is 0 Å². The smallest absolute Gasteiger partial charge is 0.309 e. The van der Waals surface area contributed by atoms with Crippen molar-refractivity contribution in [2.45, 2.75) is 51.1 Å². The van der Waals surface area contributed by atoms with Crippen LogP contribution in [0.15, 0.2) is 6.20 Å². The van der Waals surface area contributed by atoms with Crippen LogP contribution in [0.4, 0.5) is 0 Å². The Hall–Kier alpha value is -1.92. The topological polar surface area (TPSA) is 97.1 Å². The molecule has 0 aromatic carbocycles. The molecule has 1 saturated carbocycles. The van der Waals surface area contributed by atoms with E-state index in [-0.39, 0.29) is 18.4 Å². The molecule has 1 aromatic rings. The van der Waals surface area contributed by atoms with E-state index in [0.29, 0.717) is 5.69 Å². The van der Waals surface area contributed by atoms with Crippen LogP contribution in [0.2, 0.25) is 0 Å². The molecule has 2 N–H and O–H groups in total. The van der Waals surface area contributed by atoms with Crippen molar-refractivity contribution in [3.8, 4) is 0 Å². The zero-order chi connectivity index (χ0) is 13.8. The summed E-state index contributed by atoms with van der Waals surface area (Å²) in [6, 6.07) is -0.215. The standard InChI is InChI=1S/C12H18N4O3/c1-8(12(19)13-9-4-2-3-5-9)16-7-10(14-15-16)6-11(17)18/h7-9H,2-6H2,1H3,(H,13,19)(H,17,18). The first-order valence-corrected chi connectivity index (χ1v) is 6.49. The molecule has 0 bridgehead atoms. The van der Waals surface area contributed by atoms with Gasteiger partial charge in [-0.25, -0.2) is 4.68 Å². The molecular weight excluding hydrogens is 248 g/mol. The molecular formula is C12H18N4O3. The molecule has 0 aliphatic heterocycles.